The van der Waals surface area contributed by atoms with Crippen LogP contribution in [0, 0.1) is 0 Å². The predicted octanol–water partition coefficient (Wildman–Crippen LogP) is 1.27. The molecule has 34 heavy (non-hydrogen) atoms. The van der Waals surface area contributed by atoms with Crippen molar-refractivity contribution in [2.75, 3.05) is 21.5 Å². The first-order valence-electron chi connectivity index (χ1n) is 8.98. The molecule has 182 valence electrons. The molecule has 0 bridgehead atoms. The first-order valence-corrected chi connectivity index (χ1v) is 12.7. The molecule has 0 unspecified atom stereocenters. The first kappa shape index (κ1) is 25.0. The number of aromatic nitrogens is 5. The van der Waals surface area contributed by atoms with Crippen LogP contribution in [0.1, 0.15) is 16.2 Å². The van der Waals surface area contributed by atoms with E-state index in [1.165, 1.54) is 24.1 Å². The van der Waals surface area contributed by atoms with E-state index in [-0.39, 0.29) is 20.9 Å². The van der Waals surface area contributed by atoms with Gasteiger partial charge in [0.25, 0.3) is 5.91 Å². The Morgan fingerprint density at radius 3 is 2.18 bits per heavy atom. The van der Waals surface area contributed by atoms with Crippen LogP contribution in [0.15, 0.2) is 36.9 Å². The van der Waals surface area contributed by atoms with E-state index < -0.39 is 49.3 Å². The second kappa shape index (κ2) is 8.64. The Morgan fingerprint density at radius 1 is 1.06 bits per heavy atom. The van der Waals surface area contributed by atoms with Crippen LogP contribution in [-0.4, -0.2) is 59.8 Å². The normalized spacial score (nSPS) is 12.4. The van der Waals surface area contributed by atoms with Crippen LogP contribution in [0.2, 0.25) is 0 Å². The van der Waals surface area contributed by atoms with E-state index >= 15 is 0 Å². The fourth-order valence-electron chi connectivity index (χ4n) is 2.74. The van der Waals surface area contributed by atoms with Gasteiger partial charge in [0, 0.05) is 13.1 Å². The molecule has 0 aliphatic carbocycles. The van der Waals surface area contributed by atoms with Crippen LogP contribution >= 0.6 is 0 Å². The van der Waals surface area contributed by atoms with Crippen LogP contribution in [0.25, 0.3) is 11.5 Å². The van der Waals surface area contributed by atoms with Crippen molar-refractivity contribution in [3.05, 3.63) is 48.3 Å². The number of imidazole rings is 1. The van der Waals surface area contributed by atoms with E-state index in [9.17, 15) is 34.8 Å². The van der Waals surface area contributed by atoms with Gasteiger partial charge in [-0.05, 0) is 12.1 Å². The standard InChI is InChI=1S/C17H16F3N7O5S2/c1-26-9-21-8-12(26)15-24-11(6-13(25-15)17(18,19)20)16(28)23-10-4-5-14(22-7-10)27(33(2,29)30)34(3,31)32/h4-9H,1-3H3,(H,23,28). The second-order valence-corrected chi connectivity index (χ2v) is 10.8. The molecule has 3 aromatic rings. The molecule has 0 spiro atoms. The fourth-order valence-corrected chi connectivity index (χ4v) is 5.61. The Labute approximate surface area is 191 Å². The molecule has 1 N–H and O–H groups in total. The monoisotopic (exact) mass is 519 g/mol. The highest BCUT2D eigenvalue weighted by atomic mass is 32.3. The summed E-state index contributed by atoms with van der Waals surface area (Å²) >= 11 is 0. The number of halogens is 3. The summed E-state index contributed by atoms with van der Waals surface area (Å²) in [7, 11) is -6.97. The topological polar surface area (TPSA) is 157 Å². The molecule has 0 aromatic carbocycles. The first-order chi connectivity index (χ1) is 15.6. The molecule has 3 heterocycles. The quantitative estimate of drug-likeness (QED) is 0.506. The highest BCUT2D eigenvalue weighted by Crippen LogP contribution is 2.30. The lowest BCUT2D eigenvalue weighted by Gasteiger charge is -2.18. The zero-order valence-corrected chi connectivity index (χ0v) is 19.3. The maximum atomic E-state index is 13.3. The summed E-state index contributed by atoms with van der Waals surface area (Å²) in [5.74, 6) is -1.90. The summed E-state index contributed by atoms with van der Waals surface area (Å²) < 4.78 is 88.7. The molecule has 0 saturated carbocycles. The number of sulfonamides is 2. The molecule has 0 radical (unpaired) electrons. The Morgan fingerprint density at radius 2 is 1.71 bits per heavy atom. The molecular formula is C17H16F3N7O5S2. The van der Waals surface area contributed by atoms with Gasteiger partial charge in [0.15, 0.2) is 11.6 Å². The Balaban J connectivity index is 1.95. The van der Waals surface area contributed by atoms with Crippen molar-refractivity contribution in [2.45, 2.75) is 6.18 Å². The van der Waals surface area contributed by atoms with Crippen molar-refractivity contribution in [2.24, 2.45) is 7.05 Å². The zero-order valence-electron chi connectivity index (χ0n) is 17.6. The van der Waals surface area contributed by atoms with E-state index in [0.717, 1.165) is 18.3 Å². The fraction of sp³-hybridized carbons (Fsp3) is 0.235. The molecule has 0 aliphatic rings. The van der Waals surface area contributed by atoms with Gasteiger partial charge >= 0.3 is 6.18 Å². The second-order valence-electron chi connectivity index (χ2n) is 6.93. The molecule has 1 amide bonds. The molecule has 0 atom stereocenters. The highest BCUT2D eigenvalue weighted by Gasteiger charge is 2.35. The Hall–Kier alpha value is -3.60. The number of hydrogen-bond donors (Lipinski definition) is 1. The maximum Gasteiger partial charge on any atom is 0.433 e. The van der Waals surface area contributed by atoms with Crippen LogP contribution in [0.5, 0.6) is 0 Å². The molecule has 0 saturated heterocycles. The Kier molecular flexibility index (Phi) is 6.36. The lowest BCUT2D eigenvalue weighted by molar-refractivity contribution is -0.141. The minimum Gasteiger partial charge on any atom is -0.331 e. The lowest BCUT2D eigenvalue weighted by Crippen LogP contribution is -2.35. The molecule has 3 aromatic heterocycles. The molecular weight excluding hydrogens is 503 g/mol. The highest BCUT2D eigenvalue weighted by molar-refractivity contribution is 8.09. The van der Waals surface area contributed by atoms with E-state index in [0.29, 0.717) is 18.6 Å². The number of aryl methyl sites for hydroxylation is 1. The summed E-state index contributed by atoms with van der Waals surface area (Å²) in [6.45, 7) is 0. The molecule has 17 heteroatoms. The number of nitrogens with zero attached hydrogens (tertiary/aromatic N) is 6. The van der Waals surface area contributed by atoms with Crippen LogP contribution in [0.3, 0.4) is 0 Å². The summed E-state index contributed by atoms with van der Waals surface area (Å²) in [5, 5.41) is 2.27. The van der Waals surface area contributed by atoms with Gasteiger partial charge in [-0.3, -0.25) is 4.79 Å². The average Bonchev–Trinajstić information content (AvgIpc) is 3.12. The van der Waals surface area contributed by atoms with Gasteiger partial charge in [-0.15, -0.1) is 3.71 Å². The van der Waals surface area contributed by atoms with Crippen LogP contribution in [0.4, 0.5) is 24.7 Å². The van der Waals surface area contributed by atoms with Crippen LogP contribution < -0.4 is 9.03 Å². The molecule has 12 nitrogen and oxygen atoms in total. The number of pyridine rings is 1. The minimum atomic E-state index is -4.87. The van der Waals surface area contributed by atoms with E-state index in [1.54, 1.807) is 0 Å². The number of carbonyl (C=O) groups excluding carboxylic acids is 1. The third-order valence-electron chi connectivity index (χ3n) is 4.09. The largest absolute Gasteiger partial charge is 0.433 e. The van der Waals surface area contributed by atoms with E-state index in [1.807, 2.05) is 0 Å². The number of carbonyl (C=O) groups is 1. The van der Waals surface area contributed by atoms with Gasteiger partial charge in [0.1, 0.15) is 17.1 Å². The SMILES string of the molecule is Cn1cncc1-c1nc(C(=O)Nc2ccc(N(S(C)(=O)=O)S(C)(=O)=O)nc2)cc(C(F)(F)F)n1. The summed E-state index contributed by atoms with van der Waals surface area (Å²) in [6, 6.07) is 2.59. The zero-order chi connectivity index (χ0) is 25.5. The number of alkyl halides is 3. The van der Waals surface area contributed by atoms with E-state index in [4.69, 9.17) is 0 Å². The number of nitrogens with one attached hydrogen (secondary N) is 1. The van der Waals surface area contributed by atoms with Gasteiger partial charge in [0.05, 0.1) is 36.9 Å². The van der Waals surface area contributed by atoms with Crippen molar-refractivity contribution in [1.82, 2.24) is 24.5 Å². The predicted molar refractivity (Wildman–Crippen MR) is 114 cm³/mol. The maximum absolute atomic E-state index is 13.3. The van der Waals surface area contributed by atoms with Gasteiger partial charge in [-0.1, -0.05) is 0 Å². The molecule has 0 aliphatic heterocycles. The number of rotatable bonds is 6. The number of hydrogen-bond acceptors (Lipinski definition) is 9. The van der Waals surface area contributed by atoms with Crippen molar-refractivity contribution in [1.29, 1.82) is 0 Å². The third kappa shape index (κ3) is 5.48. The van der Waals surface area contributed by atoms with Gasteiger partial charge in [0.2, 0.25) is 20.0 Å². The van der Waals surface area contributed by atoms with Gasteiger partial charge < -0.3 is 9.88 Å². The summed E-state index contributed by atoms with van der Waals surface area (Å²) in [4.78, 5) is 27.5. The van der Waals surface area contributed by atoms with Gasteiger partial charge in [-0.2, -0.15) is 13.2 Å². The number of anilines is 2. The van der Waals surface area contributed by atoms with Crippen molar-refractivity contribution < 1.29 is 34.8 Å². The van der Waals surface area contributed by atoms with Crippen molar-refractivity contribution >= 4 is 37.5 Å². The molecule has 0 fully saturated rings. The summed E-state index contributed by atoms with van der Waals surface area (Å²) in [6.07, 6.45) is -0.0473. The smallest absolute Gasteiger partial charge is 0.331 e. The van der Waals surface area contributed by atoms with E-state index in [2.05, 4.69) is 25.3 Å². The molecule has 3 rings (SSSR count). The Bertz CT molecular complexity index is 1420. The summed E-state index contributed by atoms with van der Waals surface area (Å²) in [5.41, 5.74) is -1.90. The lowest BCUT2D eigenvalue weighted by atomic mass is 10.2. The average molecular weight is 519 g/mol. The third-order valence-corrected chi connectivity index (χ3v) is 7.29. The van der Waals surface area contributed by atoms with Gasteiger partial charge in [-0.25, -0.2) is 36.8 Å². The minimum absolute atomic E-state index is 0.0649. The van der Waals surface area contributed by atoms with Crippen LogP contribution in [-0.2, 0) is 33.3 Å². The number of amides is 1. The van der Waals surface area contributed by atoms with Crippen molar-refractivity contribution in [3.63, 3.8) is 0 Å². The van der Waals surface area contributed by atoms with Crippen molar-refractivity contribution in [3.8, 4) is 11.5 Å².